The zero-order valence-corrected chi connectivity index (χ0v) is 11.9. The van der Waals surface area contributed by atoms with Crippen molar-refractivity contribution in [1.29, 1.82) is 5.26 Å². The van der Waals surface area contributed by atoms with E-state index in [0.717, 1.165) is 24.8 Å². The number of ether oxygens (including phenoxy) is 2. The molecule has 104 valence electrons. The predicted molar refractivity (Wildman–Crippen MR) is 75.7 cm³/mol. The molecular weight excluding hydrogens is 264 g/mol. The smallest absolute Gasteiger partial charge is 0.179 e. The van der Waals surface area contributed by atoms with E-state index in [1.54, 1.807) is 7.11 Å². The number of hydrogen-bond acceptors (Lipinski definition) is 4. The molecule has 0 saturated carbocycles. The summed E-state index contributed by atoms with van der Waals surface area (Å²) in [5.74, 6) is 1.18. The highest BCUT2D eigenvalue weighted by molar-refractivity contribution is 6.32. The molecule has 2 N–H and O–H groups in total. The Bertz CT molecular complexity index is 444. The maximum absolute atomic E-state index is 8.45. The number of unbranched alkanes of at least 4 members (excludes halogenated alkanes) is 2. The first-order chi connectivity index (χ1) is 9.22. The number of rotatable bonds is 8. The van der Waals surface area contributed by atoms with Crippen molar-refractivity contribution in [3.63, 3.8) is 0 Å². The highest BCUT2D eigenvalue weighted by Crippen LogP contribution is 2.36. The molecule has 1 aromatic rings. The summed E-state index contributed by atoms with van der Waals surface area (Å²) >= 11 is 6.19. The average molecular weight is 283 g/mol. The molecule has 0 spiro atoms. The molecule has 0 aromatic heterocycles. The fourth-order valence-corrected chi connectivity index (χ4v) is 1.99. The fourth-order valence-electron chi connectivity index (χ4n) is 1.70. The molecule has 0 saturated heterocycles. The van der Waals surface area contributed by atoms with Crippen LogP contribution in [-0.4, -0.2) is 20.3 Å². The van der Waals surface area contributed by atoms with Crippen LogP contribution in [0.5, 0.6) is 11.5 Å². The van der Waals surface area contributed by atoms with Crippen LogP contribution in [0.4, 0.5) is 0 Å². The van der Waals surface area contributed by atoms with Crippen LogP contribution in [0.3, 0.4) is 0 Å². The van der Waals surface area contributed by atoms with Crippen molar-refractivity contribution in [3.05, 3.63) is 22.7 Å². The molecule has 0 fully saturated rings. The molecule has 4 nitrogen and oxygen atoms in total. The van der Waals surface area contributed by atoms with E-state index in [1.165, 1.54) is 0 Å². The lowest BCUT2D eigenvalue weighted by Gasteiger charge is -2.13. The molecular formula is C14H19ClN2O2. The lowest BCUT2D eigenvalue weighted by molar-refractivity contribution is 0.287. The van der Waals surface area contributed by atoms with Crippen LogP contribution >= 0.6 is 11.6 Å². The predicted octanol–water partition coefficient (Wildman–Crippen LogP) is 2.92. The number of nitrogens with zero attached hydrogens (tertiary/aromatic N) is 1. The minimum absolute atomic E-state index is 0.522. The van der Waals surface area contributed by atoms with E-state index in [1.807, 2.05) is 12.1 Å². The van der Waals surface area contributed by atoms with Crippen LogP contribution in [0.25, 0.3) is 0 Å². The van der Waals surface area contributed by atoms with E-state index in [0.29, 0.717) is 36.1 Å². The molecule has 0 heterocycles. The second-order valence-corrected chi connectivity index (χ2v) is 4.52. The Morgan fingerprint density at radius 2 is 2.16 bits per heavy atom. The molecule has 0 aliphatic rings. The summed E-state index contributed by atoms with van der Waals surface area (Å²) in [5, 5.41) is 8.98. The van der Waals surface area contributed by atoms with Gasteiger partial charge in [0.2, 0.25) is 0 Å². The Hall–Kier alpha value is -1.44. The third-order valence-corrected chi connectivity index (χ3v) is 2.93. The molecule has 5 heteroatoms. The first-order valence-corrected chi connectivity index (χ1v) is 6.67. The average Bonchev–Trinajstić information content (AvgIpc) is 2.40. The molecule has 0 radical (unpaired) electrons. The zero-order valence-electron chi connectivity index (χ0n) is 11.1. The van der Waals surface area contributed by atoms with Gasteiger partial charge < -0.3 is 15.2 Å². The third-order valence-electron chi connectivity index (χ3n) is 2.65. The minimum Gasteiger partial charge on any atom is -0.493 e. The molecule has 0 unspecified atom stereocenters. The van der Waals surface area contributed by atoms with E-state index in [4.69, 9.17) is 32.1 Å². The Kier molecular flexibility index (Phi) is 7.09. The van der Waals surface area contributed by atoms with E-state index in [9.17, 15) is 0 Å². The first kappa shape index (κ1) is 15.6. The van der Waals surface area contributed by atoms with Crippen LogP contribution in [0, 0.1) is 11.3 Å². The second-order valence-electron chi connectivity index (χ2n) is 4.11. The van der Waals surface area contributed by atoms with Gasteiger partial charge in [0.15, 0.2) is 11.5 Å². The summed E-state index contributed by atoms with van der Waals surface area (Å²) in [6.45, 7) is 1.09. The Labute approximate surface area is 119 Å². The van der Waals surface area contributed by atoms with Gasteiger partial charge in [-0.15, -0.1) is 0 Å². The normalized spacial score (nSPS) is 10.0. The Morgan fingerprint density at radius 3 is 2.79 bits per heavy atom. The number of nitrogens with two attached hydrogens (primary N) is 1. The van der Waals surface area contributed by atoms with Gasteiger partial charge in [-0.05, 0) is 43.5 Å². The number of nitriles is 1. The van der Waals surface area contributed by atoms with Crippen LogP contribution in [0.2, 0.25) is 5.02 Å². The van der Waals surface area contributed by atoms with Gasteiger partial charge in [-0.1, -0.05) is 11.6 Å². The lowest BCUT2D eigenvalue weighted by atomic mass is 10.1. The van der Waals surface area contributed by atoms with E-state index >= 15 is 0 Å². The Morgan fingerprint density at radius 1 is 1.37 bits per heavy atom. The van der Waals surface area contributed by atoms with Crippen molar-refractivity contribution in [3.8, 4) is 17.6 Å². The molecule has 1 aromatic carbocycles. The van der Waals surface area contributed by atoms with Gasteiger partial charge in [-0.25, -0.2) is 0 Å². The van der Waals surface area contributed by atoms with Crippen molar-refractivity contribution >= 4 is 11.6 Å². The highest BCUT2D eigenvalue weighted by atomic mass is 35.5. The van der Waals surface area contributed by atoms with Gasteiger partial charge in [0.1, 0.15) is 0 Å². The van der Waals surface area contributed by atoms with Gasteiger partial charge in [-0.2, -0.15) is 5.26 Å². The number of halogens is 1. The summed E-state index contributed by atoms with van der Waals surface area (Å²) in [6.07, 6.45) is 2.93. The quantitative estimate of drug-likeness (QED) is 0.744. The molecule has 19 heavy (non-hydrogen) atoms. The highest BCUT2D eigenvalue weighted by Gasteiger charge is 2.11. The van der Waals surface area contributed by atoms with E-state index < -0.39 is 0 Å². The topological polar surface area (TPSA) is 68.3 Å². The van der Waals surface area contributed by atoms with Crippen LogP contribution in [-0.2, 0) is 6.42 Å². The summed E-state index contributed by atoms with van der Waals surface area (Å²) < 4.78 is 10.9. The van der Waals surface area contributed by atoms with Crippen molar-refractivity contribution in [2.24, 2.45) is 5.73 Å². The third kappa shape index (κ3) is 4.98. The summed E-state index contributed by atoms with van der Waals surface area (Å²) in [7, 11) is 1.58. The molecule has 0 amide bonds. The fraction of sp³-hybridized carbons (Fsp3) is 0.500. The van der Waals surface area contributed by atoms with Crippen molar-refractivity contribution < 1.29 is 9.47 Å². The SMILES string of the molecule is COc1cc(CCN)cc(Cl)c1OCCCCC#N. The molecule has 0 atom stereocenters. The maximum Gasteiger partial charge on any atom is 0.179 e. The Balaban J connectivity index is 2.68. The first-order valence-electron chi connectivity index (χ1n) is 6.29. The number of methoxy groups -OCH3 is 1. The summed E-state index contributed by atoms with van der Waals surface area (Å²) in [6, 6.07) is 5.84. The largest absolute Gasteiger partial charge is 0.493 e. The zero-order chi connectivity index (χ0) is 14.1. The van der Waals surface area contributed by atoms with Gasteiger partial charge in [0.05, 0.1) is 24.8 Å². The van der Waals surface area contributed by atoms with Gasteiger partial charge in [0, 0.05) is 6.42 Å². The van der Waals surface area contributed by atoms with Crippen molar-refractivity contribution in [2.45, 2.75) is 25.7 Å². The van der Waals surface area contributed by atoms with Crippen molar-refractivity contribution in [1.82, 2.24) is 0 Å². The maximum atomic E-state index is 8.45. The van der Waals surface area contributed by atoms with Crippen LogP contribution in [0.15, 0.2) is 12.1 Å². The van der Waals surface area contributed by atoms with Gasteiger partial charge in [-0.3, -0.25) is 0 Å². The van der Waals surface area contributed by atoms with Crippen LogP contribution < -0.4 is 15.2 Å². The van der Waals surface area contributed by atoms with E-state index in [2.05, 4.69) is 6.07 Å². The van der Waals surface area contributed by atoms with Crippen molar-refractivity contribution in [2.75, 3.05) is 20.3 Å². The molecule has 0 aliphatic carbocycles. The summed E-state index contributed by atoms with van der Waals surface area (Å²) in [4.78, 5) is 0. The standard InChI is InChI=1S/C14H19ClN2O2/c1-18-13-10-11(5-7-17)9-12(15)14(13)19-8-4-2-3-6-16/h9-10H,2-5,7-8,17H2,1H3. The number of hydrogen-bond donors (Lipinski definition) is 1. The van der Waals surface area contributed by atoms with Gasteiger partial charge in [0.25, 0.3) is 0 Å². The van der Waals surface area contributed by atoms with Crippen LogP contribution in [0.1, 0.15) is 24.8 Å². The lowest BCUT2D eigenvalue weighted by Crippen LogP contribution is -2.04. The summed E-state index contributed by atoms with van der Waals surface area (Å²) in [5.41, 5.74) is 6.55. The molecule has 0 aliphatic heterocycles. The minimum atomic E-state index is 0.522. The molecule has 0 bridgehead atoms. The second kappa shape index (κ2) is 8.63. The molecule has 1 rings (SSSR count). The van der Waals surface area contributed by atoms with E-state index in [-0.39, 0.29) is 0 Å². The number of benzene rings is 1. The monoisotopic (exact) mass is 282 g/mol. The van der Waals surface area contributed by atoms with Gasteiger partial charge >= 0.3 is 0 Å².